The fourth-order valence-electron chi connectivity index (χ4n) is 1.42. The first-order valence-corrected chi connectivity index (χ1v) is 6.55. The highest BCUT2D eigenvalue weighted by Gasteiger charge is 2.03. The van der Waals surface area contributed by atoms with Crippen LogP contribution in [-0.2, 0) is 0 Å². The van der Waals surface area contributed by atoms with E-state index in [0.29, 0.717) is 12.2 Å². The van der Waals surface area contributed by atoms with E-state index in [-0.39, 0.29) is 16.7 Å². The third-order valence-corrected chi connectivity index (χ3v) is 2.44. The second-order valence-electron chi connectivity index (χ2n) is 3.98. The molecule has 0 bridgehead atoms. The molecule has 0 unspecified atom stereocenters. The van der Waals surface area contributed by atoms with Crippen molar-refractivity contribution in [2.75, 3.05) is 6.61 Å². The topological polar surface area (TPSA) is 59.6 Å². The molecule has 0 saturated heterocycles. The largest absolute Gasteiger partial charge is 0.490 e. The van der Waals surface area contributed by atoms with Gasteiger partial charge in [-0.1, -0.05) is 25.8 Å². The number of rotatable bonds is 7. The molecule has 0 aliphatic carbocycles. The van der Waals surface area contributed by atoms with Crippen molar-refractivity contribution < 1.29 is 9.13 Å². The van der Waals surface area contributed by atoms with Gasteiger partial charge in [-0.15, -0.1) is 0 Å². The highest BCUT2D eigenvalue weighted by atomic mass is 32.1. The maximum absolute atomic E-state index is 13.5. The molecule has 1 aromatic carbocycles. The molecule has 0 aliphatic heterocycles. The van der Waals surface area contributed by atoms with Crippen LogP contribution in [0.3, 0.4) is 0 Å². The average Bonchev–Trinajstić information content (AvgIpc) is 2.37. The summed E-state index contributed by atoms with van der Waals surface area (Å²) in [6.45, 7) is 2.61. The van der Waals surface area contributed by atoms with Gasteiger partial charge in [0.05, 0.1) is 12.8 Å². The zero-order chi connectivity index (χ0) is 14.1. The molecule has 0 fully saturated rings. The molecule has 0 aliphatic rings. The molecule has 0 spiro atoms. The van der Waals surface area contributed by atoms with E-state index in [1.54, 1.807) is 12.1 Å². The summed E-state index contributed by atoms with van der Waals surface area (Å²) >= 11 is 4.61. The summed E-state index contributed by atoms with van der Waals surface area (Å²) in [5.41, 5.74) is 8.36. The predicted molar refractivity (Wildman–Crippen MR) is 78.9 cm³/mol. The lowest BCUT2D eigenvalue weighted by Gasteiger charge is -2.07. The molecule has 0 atom stereocenters. The third kappa shape index (κ3) is 6.15. The highest BCUT2D eigenvalue weighted by molar-refractivity contribution is 7.80. The van der Waals surface area contributed by atoms with Gasteiger partial charge in [-0.3, -0.25) is 5.43 Å². The van der Waals surface area contributed by atoms with Crippen molar-refractivity contribution in [1.82, 2.24) is 5.43 Å². The number of hydrazone groups is 1. The van der Waals surface area contributed by atoms with Gasteiger partial charge >= 0.3 is 0 Å². The molecule has 1 aromatic rings. The Labute approximate surface area is 117 Å². The average molecular weight is 283 g/mol. The van der Waals surface area contributed by atoms with E-state index in [2.05, 4.69) is 29.7 Å². The van der Waals surface area contributed by atoms with Crippen LogP contribution in [0.25, 0.3) is 0 Å². The maximum atomic E-state index is 13.5. The molecule has 0 radical (unpaired) electrons. The first-order chi connectivity index (χ1) is 9.13. The van der Waals surface area contributed by atoms with Crippen LogP contribution in [0.5, 0.6) is 5.75 Å². The lowest BCUT2D eigenvalue weighted by molar-refractivity contribution is 0.291. The van der Waals surface area contributed by atoms with E-state index in [4.69, 9.17) is 10.5 Å². The minimum Gasteiger partial charge on any atom is -0.490 e. The monoisotopic (exact) mass is 283 g/mol. The van der Waals surface area contributed by atoms with Gasteiger partial charge in [-0.05, 0) is 36.3 Å². The van der Waals surface area contributed by atoms with Crippen molar-refractivity contribution in [2.24, 2.45) is 10.8 Å². The Hall–Kier alpha value is -1.69. The van der Waals surface area contributed by atoms with E-state index < -0.39 is 0 Å². The maximum Gasteiger partial charge on any atom is 0.184 e. The smallest absolute Gasteiger partial charge is 0.184 e. The predicted octanol–water partition coefficient (Wildman–Crippen LogP) is 2.56. The summed E-state index contributed by atoms with van der Waals surface area (Å²) in [6, 6.07) is 4.53. The number of nitrogens with one attached hydrogen (secondary N) is 1. The van der Waals surface area contributed by atoms with Gasteiger partial charge < -0.3 is 10.5 Å². The lowest BCUT2D eigenvalue weighted by atomic mass is 10.2. The summed E-state index contributed by atoms with van der Waals surface area (Å²) in [5, 5.41) is 3.88. The second kappa shape index (κ2) is 8.42. The summed E-state index contributed by atoms with van der Waals surface area (Å²) < 4.78 is 18.9. The Kier molecular flexibility index (Phi) is 6.81. The van der Waals surface area contributed by atoms with Gasteiger partial charge in [-0.2, -0.15) is 5.10 Å². The van der Waals surface area contributed by atoms with Gasteiger partial charge in [0, 0.05) is 0 Å². The van der Waals surface area contributed by atoms with E-state index >= 15 is 0 Å². The van der Waals surface area contributed by atoms with E-state index in [1.165, 1.54) is 12.3 Å². The molecule has 0 heterocycles. The lowest BCUT2D eigenvalue weighted by Crippen LogP contribution is -2.23. The molecular weight excluding hydrogens is 265 g/mol. The van der Waals surface area contributed by atoms with Crippen molar-refractivity contribution in [2.45, 2.75) is 26.2 Å². The summed E-state index contributed by atoms with van der Waals surface area (Å²) in [4.78, 5) is 0. The molecule has 0 aromatic heterocycles. The first kappa shape index (κ1) is 15.4. The first-order valence-electron chi connectivity index (χ1n) is 6.14. The van der Waals surface area contributed by atoms with Gasteiger partial charge in [0.25, 0.3) is 0 Å². The van der Waals surface area contributed by atoms with E-state index in [9.17, 15) is 4.39 Å². The number of unbranched alkanes of at least 4 members (excludes halogenated alkanes) is 2. The quantitative estimate of drug-likeness (QED) is 0.349. The second-order valence-corrected chi connectivity index (χ2v) is 4.42. The minimum atomic E-state index is -0.379. The number of benzene rings is 1. The van der Waals surface area contributed by atoms with Crippen LogP contribution in [0, 0.1) is 5.82 Å². The zero-order valence-corrected chi connectivity index (χ0v) is 11.7. The number of nitrogens with zero attached hydrogens (tertiary/aromatic N) is 1. The van der Waals surface area contributed by atoms with Crippen LogP contribution in [0.2, 0.25) is 0 Å². The number of ether oxygens (including phenoxy) is 1. The molecule has 6 heteroatoms. The zero-order valence-electron chi connectivity index (χ0n) is 10.9. The Balaban J connectivity index is 2.60. The number of nitrogens with two attached hydrogens (primary N) is 1. The Morgan fingerprint density at radius 2 is 2.32 bits per heavy atom. The van der Waals surface area contributed by atoms with Gasteiger partial charge in [0.1, 0.15) is 0 Å². The van der Waals surface area contributed by atoms with Crippen molar-refractivity contribution in [3.8, 4) is 5.75 Å². The Morgan fingerprint density at radius 3 is 3.00 bits per heavy atom. The Morgan fingerprint density at radius 1 is 1.53 bits per heavy atom. The number of halogens is 1. The molecule has 1 rings (SSSR count). The normalized spacial score (nSPS) is 10.6. The number of hydrogen-bond acceptors (Lipinski definition) is 3. The van der Waals surface area contributed by atoms with Gasteiger partial charge in [0.2, 0.25) is 0 Å². The summed E-state index contributed by atoms with van der Waals surface area (Å²) in [5.74, 6) is -0.147. The summed E-state index contributed by atoms with van der Waals surface area (Å²) in [7, 11) is 0. The third-order valence-electron chi connectivity index (χ3n) is 2.35. The SMILES string of the molecule is CCCCCOc1cc(C=NNC(N)=S)ccc1F. The molecule has 19 heavy (non-hydrogen) atoms. The Bertz CT molecular complexity index is 452. The van der Waals surface area contributed by atoms with Gasteiger partial charge in [-0.25, -0.2) is 4.39 Å². The van der Waals surface area contributed by atoms with Crippen LogP contribution in [0.1, 0.15) is 31.7 Å². The van der Waals surface area contributed by atoms with Crippen LogP contribution in [-0.4, -0.2) is 17.9 Å². The standard InChI is InChI=1S/C13H18FN3OS/c1-2-3-4-7-18-12-8-10(5-6-11(12)14)9-16-17-13(15)19/h5-6,8-9H,2-4,7H2,1H3,(H3,15,17,19). The summed E-state index contributed by atoms with van der Waals surface area (Å²) in [6.07, 6.45) is 4.58. The molecule has 0 saturated carbocycles. The fourth-order valence-corrected chi connectivity index (χ4v) is 1.47. The van der Waals surface area contributed by atoms with Crippen LogP contribution in [0.4, 0.5) is 4.39 Å². The van der Waals surface area contributed by atoms with Crippen LogP contribution >= 0.6 is 12.2 Å². The van der Waals surface area contributed by atoms with Crippen LogP contribution in [0.15, 0.2) is 23.3 Å². The van der Waals surface area contributed by atoms with Crippen LogP contribution < -0.4 is 15.9 Å². The van der Waals surface area contributed by atoms with Crippen molar-refractivity contribution >= 4 is 23.5 Å². The van der Waals surface area contributed by atoms with Crippen molar-refractivity contribution in [3.05, 3.63) is 29.6 Å². The van der Waals surface area contributed by atoms with Crippen molar-refractivity contribution in [3.63, 3.8) is 0 Å². The van der Waals surface area contributed by atoms with E-state index in [0.717, 1.165) is 19.3 Å². The highest BCUT2D eigenvalue weighted by Crippen LogP contribution is 2.18. The fraction of sp³-hybridized carbons (Fsp3) is 0.385. The number of hydrogen-bond donors (Lipinski definition) is 2. The molecule has 3 N–H and O–H groups in total. The number of thiocarbonyl (C=S) groups is 1. The van der Waals surface area contributed by atoms with E-state index in [1.807, 2.05) is 0 Å². The minimum absolute atomic E-state index is 0.0781. The molecule has 0 amide bonds. The van der Waals surface area contributed by atoms with Gasteiger partial charge in [0.15, 0.2) is 16.7 Å². The molecule has 104 valence electrons. The van der Waals surface area contributed by atoms with Crippen molar-refractivity contribution in [1.29, 1.82) is 0 Å². The molecule has 4 nitrogen and oxygen atoms in total. The molecular formula is C13H18FN3OS.